The zero-order valence-corrected chi connectivity index (χ0v) is 22.1. The molecule has 0 saturated heterocycles. The normalized spacial score (nSPS) is 15.3. The zero-order chi connectivity index (χ0) is 27.0. The summed E-state index contributed by atoms with van der Waals surface area (Å²) in [6.07, 6.45) is 1.50. The van der Waals surface area contributed by atoms with Crippen LogP contribution in [0, 0.1) is 5.82 Å². The van der Waals surface area contributed by atoms with E-state index in [9.17, 15) is 14.0 Å². The van der Waals surface area contributed by atoms with Crippen molar-refractivity contribution in [3.63, 3.8) is 0 Å². The van der Waals surface area contributed by atoms with Gasteiger partial charge < -0.3 is 14.2 Å². The van der Waals surface area contributed by atoms with E-state index in [4.69, 9.17) is 14.2 Å². The Balaban J connectivity index is 1.88. The lowest BCUT2D eigenvalue weighted by molar-refractivity contribution is -0.139. The van der Waals surface area contributed by atoms with Crippen LogP contribution in [0.5, 0.6) is 11.5 Å². The fraction of sp³-hybridized carbons (Fsp3) is 0.207. The molecule has 1 atom stereocenters. The van der Waals surface area contributed by atoms with Gasteiger partial charge in [-0.05, 0) is 55.0 Å². The minimum atomic E-state index is -0.904. The molecule has 1 aliphatic heterocycles. The molecule has 194 valence electrons. The highest BCUT2D eigenvalue weighted by atomic mass is 32.1. The molecule has 0 bridgehead atoms. The molecular weight excluding hydrogens is 507 g/mol. The van der Waals surface area contributed by atoms with Gasteiger partial charge in [0.15, 0.2) is 4.80 Å². The zero-order valence-electron chi connectivity index (χ0n) is 21.3. The fourth-order valence-electron chi connectivity index (χ4n) is 4.69. The number of thiazole rings is 1. The number of hydrogen-bond donors (Lipinski definition) is 0. The Kier molecular flexibility index (Phi) is 6.86. The number of allylic oxidation sites excluding steroid dienone is 1. The Hall–Kier alpha value is -4.24. The molecule has 0 saturated carbocycles. The van der Waals surface area contributed by atoms with E-state index in [0.717, 1.165) is 22.1 Å². The number of benzene rings is 3. The predicted octanol–water partition coefficient (Wildman–Crippen LogP) is 4.11. The summed E-state index contributed by atoms with van der Waals surface area (Å²) in [6, 6.07) is 14.6. The summed E-state index contributed by atoms with van der Waals surface area (Å²) in [5, 5.41) is 1.61. The highest BCUT2D eigenvalue weighted by Crippen LogP contribution is 2.41. The second-order valence-electron chi connectivity index (χ2n) is 8.59. The summed E-state index contributed by atoms with van der Waals surface area (Å²) < 4.78 is 32.8. The van der Waals surface area contributed by atoms with Crippen LogP contribution in [0.4, 0.5) is 4.39 Å². The number of carbonyl (C=O) groups is 1. The van der Waals surface area contributed by atoms with Crippen LogP contribution in [-0.4, -0.2) is 31.4 Å². The number of rotatable bonds is 6. The van der Waals surface area contributed by atoms with Crippen molar-refractivity contribution in [2.75, 3.05) is 20.8 Å². The number of esters is 1. The van der Waals surface area contributed by atoms with E-state index in [1.807, 2.05) is 24.3 Å². The van der Waals surface area contributed by atoms with Crippen LogP contribution in [0.15, 0.2) is 75.7 Å². The van der Waals surface area contributed by atoms with Crippen LogP contribution in [0.25, 0.3) is 16.8 Å². The molecule has 38 heavy (non-hydrogen) atoms. The molecule has 0 fully saturated rings. The topological polar surface area (TPSA) is 79.1 Å². The summed E-state index contributed by atoms with van der Waals surface area (Å²) in [5.74, 6) is 0.0680. The molecule has 1 aromatic heterocycles. The molecule has 1 aliphatic rings. The van der Waals surface area contributed by atoms with Crippen molar-refractivity contribution in [1.29, 1.82) is 0 Å². The lowest BCUT2D eigenvalue weighted by Gasteiger charge is -2.27. The van der Waals surface area contributed by atoms with Crippen molar-refractivity contribution in [2.24, 2.45) is 4.99 Å². The van der Waals surface area contributed by atoms with E-state index in [-0.39, 0.29) is 22.3 Å². The minimum Gasteiger partial charge on any atom is -0.497 e. The molecular formula is C29H25FN2O5S. The van der Waals surface area contributed by atoms with Crippen LogP contribution < -0.4 is 24.4 Å². The van der Waals surface area contributed by atoms with Crippen molar-refractivity contribution in [1.82, 2.24) is 4.57 Å². The molecule has 0 amide bonds. The van der Waals surface area contributed by atoms with Gasteiger partial charge in [0.25, 0.3) is 5.56 Å². The third-order valence-electron chi connectivity index (χ3n) is 6.43. The van der Waals surface area contributed by atoms with Crippen LogP contribution >= 0.6 is 11.3 Å². The van der Waals surface area contributed by atoms with Gasteiger partial charge >= 0.3 is 5.97 Å². The summed E-state index contributed by atoms with van der Waals surface area (Å²) in [4.78, 5) is 32.3. The van der Waals surface area contributed by atoms with Crippen molar-refractivity contribution in [2.45, 2.75) is 19.9 Å². The van der Waals surface area contributed by atoms with Gasteiger partial charge in [-0.1, -0.05) is 41.7 Å². The van der Waals surface area contributed by atoms with Crippen LogP contribution in [0.2, 0.25) is 0 Å². The molecule has 0 unspecified atom stereocenters. The maximum Gasteiger partial charge on any atom is 0.338 e. The Morgan fingerprint density at radius 2 is 1.89 bits per heavy atom. The SMILES string of the molecule is CCOC(=O)C1=C(C)N=c2s/c(=C\c3ccccc3F)c(=O)n2[C@@H]1c1c(OC)ccc2ccc(OC)cc12. The predicted molar refractivity (Wildman–Crippen MR) is 144 cm³/mol. The second kappa shape index (κ2) is 10.3. The Labute approximate surface area is 221 Å². The highest BCUT2D eigenvalue weighted by molar-refractivity contribution is 7.07. The van der Waals surface area contributed by atoms with Gasteiger partial charge in [0.1, 0.15) is 23.4 Å². The van der Waals surface area contributed by atoms with E-state index in [2.05, 4.69) is 4.99 Å². The standard InChI is InChI=1S/C29H25FN2O5S/c1-5-37-28(34)24-16(2)31-29-32(27(33)23(38-29)14-18-8-6-7-9-21(18)30)26(24)25-20-15-19(35-3)12-10-17(20)11-13-22(25)36-4/h6-15,26H,5H2,1-4H3/b23-14-/t26-/m0/s1. The summed E-state index contributed by atoms with van der Waals surface area (Å²) in [5.41, 5.74) is 1.13. The van der Waals surface area contributed by atoms with Gasteiger partial charge in [-0.3, -0.25) is 9.36 Å². The fourth-order valence-corrected chi connectivity index (χ4v) is 5.72. The van der Waals surface area contributed by atoms with E-state index in [1.165, 1.54) is 23.8 Å². The first-order valence-corrected chi connectivity index (χ1v) is 12.8. The van der Waals surface area contributed by atoms with Gasteiger partial charge in [0.05, 0.1) is 36.6 Å². The number of carbonyl (C=O) groups excluding carboxylic acids is 1. The molecule has 3 aromatic carbocycles. The Morgan fingerprint density at radius 1 is 1.13 bits per heavy atom. The monoisotopic (exact) mass is 532 g/mol. The molecule has 5 rings (SSSR count). The average molecular weight is 533 g/mol. The molecule has 7 nitrogen and oxygen atoms in total. The van der Waals surface area contributed by atoms with Gasteiger partial charge in [-0.2, -0.15) is 0 Å². The molecule has 0 aliphatic carbocycles. The largest absolute Gasteiger partial charge is 0.497 e. The van der Waals surface area contributed by atoms with E-state index >= 15 is 0 Å². The molecule has 4 aromatic rings. The third kappa shape index (κ3) is 4.28. The van der Waals surface area contributed by atoms with Gasteiger partial charge in [-0.25, -0.2) is 14.2 Å². The molecule has 0 N–H and O–H groups in total. The van der Waals surface area contributed by atoms with Crippen molar-refractivity contribution in [3.8, 4) is 11.5 Å². The molecule has 0 spiro atoms. The van der Waals surface area contributed by atoms with E-state index in [1.54, 1.807) is 45.2 Å². The number of aromatic nitrogens is 1. The Bertz CT molecular complexity index is 1780. The number of methoxy groups -OCH3 is 2. The highest BCUT2D eigenvalue weighted by Gasteiger charge is 2.36. The number of ether oxygens (including phenoxy) is 3. The van der Waals surface area contributed by atoms with Crippen LogP contribution in [0.3, 0.4) is 0 Å². The molecule has 0 radical (unpaired) electrons. The molecule has 9 heteroatoms. The lowest BCUT2D eigenvalue weighted by Crippen LogP contribution is -2.40. The maximum atomic E-state index is 14.4. The van der Waals surface area contributed by atoms with E-state index in [0.29, 0.717) is 27.6 Å². The number of hydrogen-bond acceptors (Lipinski definition) is 7. The van der Waals surface area contributed by atoms with Gasteiger partial charge in [-0.15, -0.1) is 0 Å². The number of halogens is 1. The number of nitrogens with zero attached hydrogens (tertiary/aromatic N) is 2. The van der Waals surface area contributed by atoms with Crippen molar-refractivity contribution < 1.29 is 23.4 Å². The first-order valence-electron chi connectivity index (χ1n) is 12.0. The molecule has 2 heterocycles. The summed E-state index contributed by atoms with van der Waals surface area (Å²) in [6.45, 7) is 3.59. The van der Waals surface area contributed by atoms with Crippen molar-refractivity contribution >= 4 is 34.2 Å². The summed E-state index contributed by atoms with van der Waals surface area (Å²) in [7, 11) is 3.11. The van der Waals surface area contributed by atoms with Crippen molar-refractivity contribution in [3.05, 3.63) is 102 Å². The maximum absolute atomic E-state index is 14.4. The lowest BCUT2D eigenvalue weighted by atomic mass is 9.90. The van der Waals surface area contributed by atoms with Gasteiger partial charge in [0, 0.05) is 11.1 Å². The minimum absolute atomic E-state index is 0.153. The van der Waals surface area contributed by atoms with Crippen LogP contribution in [-0.2, 0) is 9.53 Å². The third-order valence-corrected chi connectivity index (χ3v) is 7.42. The van der Waals surface area contributed by atoms with Gasteiger partial charge in [0.2, 0.25) is 0 Å². The second-order valence-corrected chi connectivity index (χ2v) is 9.60. The first kappa shape index (κ1) is 25.4. The Morgan fingerprint density at radius 3 is 2.61 bits per heavy atom. The van der Waals surface area contributed by atoms with Crippen LogP contribution in [0.1, 0.15) is 31.0 Å². The smallest absolute Gasteiger partial charge is 0.338 e. The summed E-state index contributed by atoms with van der Waals surface area (Å²) >= 11 is 1.13. The quantitative estimate of drug-likeness (QED) is 0.350. The van der Waals surface area contributed by atoms with E-state index < -0.39 is 23.4 Å². The average Bonchev–Trinajstić information content (AvgIpc) is 3.22. The number of fused-ring (bicyclic) bond motifs is 2. The first-order chi connectivity index (χ1) is 18.4.